The van der Waals surface area contributed by atoms with Crippen molar-refractivity contribution in [3.05, 3.63) is 18.2 Å². The van der Waals surface area contributed by atoms with Crippen LogP contribution in [0, 0.1) is 0 Å². The van der Waals surface area contributed by atoms with Crippen molar-refractivity contribution in [2.45, 2.75) is 0 Å². The molecule has 0 fully saturated rings. The predicted molar refractivity (Wildman–Crippen MR) is 68.7 cm³/mol. The van der Waals surface area contributed by atoms with Gasteiger partial charge in [-0.25, -0.2) is 0 Å². The zero-order valence-corrected chi connectivity index (χ0v) is 10.3. The number of fused-ring (bicyclic) bond motifs is 1. The van der Waals surface area contributed by atoms with Crippen LogP contribution in [0.15, 0.2) is 18.2 Å². The molecular weight excluding hydrogens is 234 g/mol. The Hall–Kier alpha value is -1.79. The van der Waals surface area contributed by atoms with Gasteiger partial charge in [0, 0.05) is 12.8 Å². The number of rotatable bonds is 7. The highest BCUT2D eigenvalue weighted by molar-refractivity contribution is 5.79. The molecular formula is C12H17N3O3. The van der Waals surface area contributed by atoms with Gasteiger partial charge in [0.1, 0.15) is 6.61 Å². The van der Waals surface area contributed by atoms with Gasteiger partial charge in [-0.05, 0) is 18.2 Å². The third-order valence-electron chi connectivity index (χ3n) is 2.38. The number of nitrogens with one attached hydrogen (secondary N) is 1. The molecule has 1 aromatic carbocycles. The van der Waals surface area contributed by atoms with Gasteiger partial charge < -0.3 is 24.9 Å². The first-order valence-corrected chi connectivity index (χ1v) is 5.74. The fourth-order valence-electron chi connectivity index (χ4n) is 1.51. The van der Waals surface area contributed by atoms with E-state index in [2.05, 4.69) is 9.97 Å². The maximum Gasteiger partial charge on any atom is 0.294 e. The van der Waals surface area contributed by atoms with E-state index in [4.69, 9.17) is 19.9 Å². The quantitative estimate of drug-likeness (QED) is 0.570. The van der Waals surface area contributed by atoms with Gasteiger partial charge in [-0.3, -0.25) is 0 Å². The van der Waals surface area contributed by atoms with Crippen LogP contribution >= 0.6 is 0 Å². The number of nitrogen functional groups attached to an aromatic ring is 1. The first kappa shape index (κ1) is 12.7. The van der Waals surface area contributed by atoms with Crippen LogP contribution in [0.4, 0.5) is 5.69 Å². The first-order valence-electron chi connectivity index (χ1n) is 5.74. The SMILES string of the molecule is COCCOCCOc1nc2ccc(N)cc2[nH]1. The Balaban J connectivity index is 1.81. The molecule has 3 N–H and O–H groups in total. The Morgan fingerprint density at radius 3 is 2.89 bits per heavy atom. The minimum absolute atomic E-state index is 0.443. The molecule has 0 aliphatic heterocycles. The summed E-state index contributed by atoms with van der Waals surface area (Å²) in [7, 11) is 1.64. The van der Waals surface area contributed by atoms with E-state index in [0.29, 0.717) is 38.1 Å². The summed E-state index contributed by atoms with van der Waals surface area (Å²) in [5.41, 5.74) is 8.07. The summed E-state index contributed by atoms with van der Waals surface area (Å²) in [6, 6.07) is 5.96. The van der Waals surface area contributed by atoms with Crippen LogP contribution in [0.5, 0.6) is 6.01 Å². The topological polar surface area (TPSA) is 82.4 Å². The van der Waals surface area contributed by atoms with Gasteiger partial charge in [-0.15, -0.1) is 0 Å². The number of nitrogens with zero attached hydrogens (tertiary/aromatic N) is 1. The van der Waals surface area contributed by atoms with Gasteiger partial charge in [0.05, 0.1) is 30.9 Å². The van der Waals surface area contributed by atoms with Crippen molar-refractivity contribution in [2.75, 3.05) is 39.3 Å². The van der Waals surface area contributed by atoms with E-state index in [1.807, 2.05) is 12.1 Å². The molecule has 0 saturated heterocycles. The number of benzene rings is 1. The second-order valence-corrected chi connectivity index (χ2v) is 3.77. The van der Waals surface area contributed by atoms with E-state index >= 15 is 0 Å². The third-order valence-corrected chi connectivity index (χ3v) is 2.38. The lowest BCUT2D eigenvalue weighted by atomic mass is 10.3. The van der Waals surface area contributed by atoms with Gasteiger partial charge in [0.15, 0.2) is 0 Å². The fraction of sp³-hybridized carbons (Fsp3) is 0.417. The Morgan fingerprint density at radius 1 is 1.22 bits per heavy atom. The number of anilines is 1. The highest BCUT2D eigenvalue weighted by atomic mass is 16.5. The molecule has 18 heavy (non-hydrogen) atoms. The van der Waals surface area contributed by atoms with E-state index in [1.54, 1.807) is 13.2 Å². The van der Waals surface area contributed by atoms with Crippen molar-refractivity contribution in [2.24, 2.45) is 0 Å². The molecule has 0 bridgehead atoms. The van der Waals surface area contributed by atoms with Crippen molar-refractivity contribution in [1.82, 2.24) is 9.97 Å². The highest BCUT2D eigenvalue weighted by Crippen LogP contribution is 2.18. The molecule has 0 atom stereocenters. The largest absolute Gasteiger partial charge is 0.462 e. The van der Waals surface area contributed by atoms with Crippen LogP contribution in [0.3, 0.4) is 0 Å². The minimum atomic E-state index is 0.443. The molecule has 6 nitrogen and oxygen atoms in total. The van der Waals surface area contributed by atoms with Gasteiger partial charge in [-0.1, -0.05) is 0 Å². The lowest BCUT2D eigenvalue weighted by Crippen LogP contribution is -2.10. The Morgan fingerprint density at radius 2 is 2.06 bits per heavy atom. The van der Waals surface area contributed by atoms with Crippen molar-refractivity contribution in [3.8, 4) is 6.01 Å². The summed E-state index contributed by atoms with van der Waals surface area (Å²) >= 11 is 0. The number of hydrogen-bond donors (Lipinski definition) is 2. The fourth-order valence-corrected chi connectivity index (χ4v) is 1.51. The lowest BCUT2D eigenvalue weighted by molar-refractivity contribution is 0.0530. The van der Waals surface area contributed by atoms with Gasteiger partial charge >= 0.3 is 0 Å². The Bertz CT molecular complexity index is 498. The summed E-state index contributed by atoms with van der Waals surface area (Å²) in [4.78, 5) is 7.32. The molecule has 1 aromatic heterocycles. The zero-order chi connectivity index (χ0) is 12.8. The second kappa shape index (κ2) is 6.23. The zero-order valence-electron chi connectivity index (χ0n) is 10.3. The lowest BCUT2D eigenvalue weighted by Gasteiger charge is -2.03. The molecule has 6 heteroatoms. The second-order valence-electron chi connectivity index (χ2n) is 3.77. The van der Waals surface area contributed by atoms with E-state index in [9.17, 15) is 0 Å². The predicted octanol–water partition coefficient (Wildman–Crippen LogP) is 1.19. The van der Waals surface area contributed by atoms with Crippen LogP contribution in [0.1, 0.15) is 0 Å². The van der Waals surface area contributed by atoms with Crippen LogP contribution in [-0.4, -0.2) is 43.5 Å². The average Bonchev–Trinajstić information content (AvgIpc) is 2.75. The summed E-state index contributed by atoms with van der Waals surface area (Å²) in [6.45, 7) is 2.10. The van der Waals surface area contributed by atoms with Crippen molar-refractivity contribution in [1.29, 1.82) is 0 Å². The Labute approximate surface area is 105 Å². The van der Waals surface area contributed by atoms with Crippen LogP contribution in [0.25, 0.3) is 11.0 Å². The van der Waals surface area contributed by atoms with Gasteiger partial charge in [0.25, 0.3) is 6.01 Å². The van der Waals surface area contributed by atoms with E-state index in [-0.39, 0.29) is 0 Å². The minimum Gasteiger partial charge on any atom is -0.462 e. The molecule has 2 aromatic rings. The molecule has 0 unspecified atom stereocenters. The number of hydrogen-bond acceptors (Lipinski definition) is 5. The summed E-state index contributed by atoms with van der Waals surface area (Å²) in [5, 5.41) is 0. The first-order chi connectivity index (χ1) is 8.79. The molecule has 0 amide bonds. The van der Waals surface area contributed by atoms with Crippen LogP contribution in [-0.2, 0) is 9.47 Å². The molecule has 98 valence electrons. The standard InChI is InChI=1S/C12H17N3O3/c1-16-4-5-17-6-7-18-12-14-10-3-2-9(13)8-11(10)15-12/h2-3,8H,4-7,13H2,1H3,(H,14,15). The molecule has 0 aliphatic rings. The monoisotopic (exact) mass is 251 g/mol. The summed E-state index contributed by atoms with van der Waals surface area (Å²) in [6.07, 6.45) is 0. The number of ether oxygens (including phenoxy) is 3. The number of aromatic amines is 1. The third kappa shape index (κ3) is 3.35. The molecule has 0 saturated carbocycles. The maximum atomic E-state index is 5.68. The van der Waals surface area contributed by atoms with Crippen molar-refractivity contribution < 1.29 is 14.2 Å². The molecule has 0 aliphatic carbocycles. The summed E-state index contributed by atoms with van der Waals surface area (Å²) < 4.78 is 15.6. The number of aromatic nitrogens is 2. The summed E-state index contributed by atoms with van der Waals surface area (Å²) in [5.74, 6) is 0. The van der Waals surface area contributed by atoms with E-state index < -0.39 is 0 Å². The van der Waals surface area contributed by atoms with E-state index in [0.717, 1.165) is 11.0 Å². The smallest absolute Gasteiger partial charge is 0.294 e. The van der Waals surface area contributed by atoms with E-state index in [1.165, 1.54) is 0 Å². The van der Waals surface area contributed by atoms with Crippen LogP contribution < -0.4 is 10.5 Å². The molecule has 1 heterocycles. The normalized spacial score (nSPS) is 10.9. The van der Waals surface area contributed by atoms with Crippen molar-refractivity contribution in [3.63, 3.8) is 0 Å². The Kier molecular flexibility index (Phi) is 4.38. The van der Waals surface area contributed by atoms with Gasteiger partial charge in [0.2, 0.25) is 0 Å². The van der Waals surface area contributed by atoms with Crippen molar-refractivity contribution >= 4 is 16.7 Å². The maximum absolute atomic E-state index is 5.68. The number of nitrogens with two attached hydrogens (primary N) is 1. The van der Waals surface area contributed by atoms with Crippen LogP contribution in [0.2, 0.25) is 0 Å². The number of H-pyrrole nitrogens is 1. The molecule has 2 rings (SSSR count). The molecule has 0 spiro atoms. The number of methoxy groups -OCH3 is 1. The molecule has 0 radical (unpaired) electrons. The average molecular weight is 251 g/mol. The highest BCUT2D eigenvalue weighted by Gasteiger charge is 2.03. The van der Waals surface area contributed by atoms with Gasteiger partial charge in [-0.2, -0.15) is 4.98 Å². The number of imidazole rings is 1.